The number of ether oxygens (including phenoxy) is 1. The van der Waals surface area contributed by atoms with Crippen molar-refractivity contribution >= 4 is 23.4 Å². The number of likely N-dealkylation sites (tertiary alicyclic amines) is 1. The van der Waals surface area contributed by atoms with Crippen LogP contribution in [0.4, 0.5) is 0 Å². The van der Waals surface area contributed by atoms with Crippen molar-refractivity contribution in [3.05, 3.63) is 94.1 Å². The lowest BCUT2D eigenvalue weighted by Gasteiger charge is -2.25. The van der Waals surface area contributed by atoms with E-state index in [1.807, 2.05) is 24.3 Å². The molecule has 1 atom stereocenters. The Morgan fingerprint density at radius 1 is 1.15 bits per heavy atom. The quantitative estimate of drug-likeness (QED) is 0.251. The Kier molecular flexibility index (Phi) is 6.32. The number of aromatic amines is 1. The normalized spacial score (nSPS) is 17.3. The number of carbonyl (C=O) groups excluding carboxylic acids is 3. The lowest BCUT2D eigenvalue weighted by atomic mass is 9.94. The molecule has 1 aliphatic heterocycles. The van der Waals surface area contributed by atoms with Crippen molar-refractivity contribution < 1.29 is 24.2 Å². The summed E-state index contributed by atoms with van der Waals surface area (Å²) in [5.74, 6) is -2.38. The third-order valence-electron chi connectivity index (χ3n) is 5.88. The van der Waals surface area contributed by atoms with E-state index in [-0.39, 0.29) is 30.2 Å². The molecule has 174 valence electrons. The summed E-state index contributed by atoms with van der Waals surface area (Å²) in [6.45, 7) is 5.40. The number of nitrogens with zero attached hydrogens (tertiary/aromatic N) is 2. The number of amides is 1. The predicted molar refractivity (Wildman–Crippen MR) is 125 cm³/mol. The molecule has 2 aromatic heterocycles. The van der Waals surface area contributed by atoms with Crippen LogP contribution < -0.4 is 0 Å². The van der Waals surface area contributed by atoms with Gasteiger partial charge in [-0.15, -0.1) is 0 Å². The van der Waals surface area contributed by atoms with Crippen LogP contribution in [-0.2, 0) is 20.9 Å². The molecular formula is C26H25N3O5. The summed E-state index contributed by atoms with van der Waals surface area (Å²) in [5.41, 5.74) is 2.85. The number of ketones is 1. The monoisotopic (exact) mass is 459 g/mol. The zero-order valence-corrected chi connectivity index (χ0v) is 19.2. The molecule has 1 amide bonds. The standard InChI is InChI=1S/C26H25N3O5/c1-4-34-26(33)21-15(2)19(16(3)28-21)23(30)20-22(18-10-6-5-7-11-18)29(25(32)24(20)31)14-17-9-8-12-27-13-17/h5-13,22,28,30H,4,14H2,1-3H3/t22-/m0/s1. The Hall–Kier alpha value is -4.20. The lowest BCUT2D eigenvalue weighted by molar-refractivity contribution is -0.140. The number of hydrogen-bond donors (Lipinski definition) is 2. The number of nitrogens with one attached hydrogen (secondary N) is 1. The van der Waals surface area contributed by atoms with Crippen molar-refractivity contribution in [1.29, 1.82) is 0 Å². The number of rotatable bonds is 6. The molecule has 0 unspecified atom stereocenters. The van der Waals surface area contributed by atoms with Crippen LogP contribution in [0.25, 0.3) is 5.76 Å². The molecule has 1 fully saturated rings. The number of aliphatic hydroxyl groups excluding tert-OH is 1. The van der Waals surface area contributed by atoms with E-state index in [0.29, 0.717) is 22.4 Å². The topological polar surface area (TPSA) is 113 Å². The molecule has 8 heteroatoms. The molecular weight excluding hydrogens is 434 g/mol. The smallest absolute Gasteiger partial charge is 0.355 e. The molecule has 34 heavy (non-hydrogen) atoms. The van der Waals surface area contributed by atoms with E-state index in [2.05, 4.69) is 9.97 Å². The van der Waals surface area contributed by atoms with E-state index >= 15 is 0 Å². The largest absolute Gasteiger partial charge is 0.507 e. The van der Waals surface area contributed by atoms with E-state index in [1.165, 1.54) is 4.90 Å². The van der Waals surface area contributed by atoms with Gasteiger partial charge in [0.1, 0.15) is 11.5 Å². The van der Waals surface area contributed by atoms with Crippen molar-refractivity contribution in [2.45, 2.75) is 33.4 Å². The van der Waals surface area contributed by atoms with Crippen LogP contribution in [-0.4, -0.2) is 44.2 Å². The maximum atomic E-state index is 13.2. The second-order valence-corrected chi connectivity index (χ2v) is 8.04. The third-order valence-corrected chi connectivity index (χ3v) is 5.88. The first kappa shape index (κ1) is 23.0. The van der Waals surface area contributed by atoms with Gasteiger partial charge < -0.3 is 19.7 Å². The SMILES string of the molecule is CCOC(=O)c1[nH]c(C)c(C(O)=C2C(=O)C(=O)N(Cc3cccnc3)[C@H]2c2ccccc2)c1C. The highest BCUT2D eigenvalue weighted by Gasteiger charge is 2.46. The van der Waals surface area contributed by atoms with Crippen molar-refractivity contribution in [2.24, 2.45) is 0 Å². The van der Waals surface area contributed by atoms with Crippen LogP contribution in [0, 0.1) is 13.8 Å². The first-order chi connectivity index (χ1) is 16.3. The number of benzene rings is 1. The fourth-order valence-corrected chi connectivity index (χ4v) is 4.36. The summed E-state index contributed by atoms with van der Waals surface area (Å²) in [6.07, 6.45) is 3.26. The van der Waals surface area contributed by atoms with Crippen LogP contribution in [0.15, 0.2) is 60.4 Å². The van der Waals surface area contributed by atoms with Gasteiger partial charge in [0.05, 0.1) is 18.2 Å². The maximum Gasteiger partial charge on any atom is 0.355 e. The second kappa shape index (κ2) is 9.35. The molecule has 4 rings (SSSR count). The number of carbonyl (C=O) groups is 3. The van der Waals surface area contributed by atoms with Crippen molar-refractivity contribution in [1.82, 2.24) is 14.9 Å². The Labute approximate surface area is 196 Å². The Balaban J connectivity index is 1.88. The Bertz CT molecular complexity index is 1280. The van der Waals surface area contributed by atoms with E-state index in [1.54, 1.807) is 51.4 Å². The van der Waals surface area contributed by atoms with Gasteiger partial charge in [-0.2, -0.15) is 0 Å². The number of aryl methyl sites for hydroxylation is 1. The number of pyridine rings is 1. The fraction of sp³-hybridized carbons (Fsp3) is 0.231. The number of H-pyrrole nitrogens is 1. The molecule has 3 aromatic rings. The first-order valence-electron chi connectivity index (χ1n) is 10.9. The molecule has 0 saturated carbocycles. The minimum absolute atomic E-state index is 0.0271. The van der Waals surface area contributed by atoms with Crippen molar-refractivity contribution in [3.8, 4) is 0 Å². The summed E-state index contributed by atoms with van der Waals surface area (Å²) in [5, 5.41) is 11.4. The van der Waals surface area contributed by atoms with Gasteiger partial charge in [-0.1, -0.05) is 36.4 Å². The molecule has 1 aromatic carbocycles. The van der Waals surface area contributed by atoms with E-state index in [0.717, 1.165) is 5.56 Å². The minimum atomic E-state index is -0.804. The number of esters is 1. The summed E-state index contributed by atoms with van der Waals surface area (Å²) < 4.78 is 5.09. The second-order valence-electron chi connectivity index (χ2n) is 8.04. The number of aromatic nitrogens is 2. The minimum Gasteiger partial charge on any atom is -0.507 e. The van der Waals surface area contributed by atoms with Gasteiger partial charge >= 0.3 is 5.97 Å². The summed E-state index contributed by atoms with van der Waals surface area (Å²) >= 11 is 0. The highest BCUT2D eigenvalue weighted by molar-refractivity contribution is 6.46. The average molecular weight is 460 g/mol. The van der Waals surface area contributed by atoms with E-state index < -0.39 is 23.7 Å². The predicted octanol–water partition coefficient (Wildman–Crippen LogP) is 3.83. The van der Waals surface area contributed by atoms with E-state index in [4.69, 9.17) is 4.74 Å². The molecule has 0 bridgehead atoms. The van der Waals surface area contributed by atoms with Crippen LogP contribution in [0.2, 0.25) is 0 Å². The van der Waals surface area contributed by atoms with Gasteiger partial charge in [0, 0.05) is 30.2 Å². The lowest BCUT2D eigenvalue weighted by Crippen LogP contribution is -2.29. The van der Waals surface area contributed by atoms with Crippen LogP contribution in [0.5, 0.6) is 0 Å². The van der Waals surface area contributed by atoms with Gasteiger partial charge in [0.2, 0.25) is 0 Å². The van der Waals surface area contributed by atoms with Crippen LogP contribution in [0.1, 0.15) is 51.4 Å². The van der Waals surface area contributed by atoms with Gasteiger partial charge in [0.25, 0.3) is 11.7 Å². The number of Topliss-reactive ketones (excluding diaryl/α,β-unsaturated/α-hetero) is 1. The van der Waals surface area contributed by atoms with Crippen LogP contribution >= 0.6 is 0 Å². The third kappa shape index (κ3) is 3.98. The zero-order chi connectivity index (χ0) is 24.4. The van der Waals surface area contributed by atoms with Crippen LogP contribution in [0.3, 0.4) is 0 Å². The highest BCUT2D eigenvalue weighted by atomic mass is 16.5. The van der Waals surface area contributed by atoms with Gasteiger partial charge in [-0.3, -0.25) is 14.6 Å². The van der Waals surface area contributed by atoms with Crippen molar-refractivity contribution in [3.63, 3.8) is 0 Å². The molecule has 2 N–H and O–H groups in total. The molecule has 8 nitrogen and oxygen atoms in total. The molecule has 0 spiro atoms. The Morgan fingerprint density at radius 2 is 1.88 bits per heavy atom. The summed E-state index contributed by atoms with van der Waals surface area (Å²) in [4.78, 5) is 47.2. The molecule has 0 radical (unpaired) electrons. The molecule has 1 saturated heterocycles. The highest BCUT2D eigenvalue weighted by Crippen LogP contribution is 2.41. The van der Waals surface area contributed by atoms with Gasteiger partial charge in [-0.25, -0.2) is 4.79 Å². The molecule has 0 aliphatic carbocycles. The zero-order valence-electron chi connectivity index (χ0n) is 19.2. The Morgan fingerprint density at radius 3 is 2.53 bits per heavy atom. The summed E-state index contributed by atoms with van der Waals surface area (Å²) in [6, 6.07) is 11.8. The van der Waals surface area contributed by atoms with E-state index in [9.17, 15) is 19.5 Å². The molecule has 1 aliphatic rings. The van der Waals surface area contributed by atoms with Gasteiger partial charge in [-0.05, 0) is 43.5 Å². The summed E-state index contributed by atoms with van der Waals surface area (Å²) in [7, 11) is 0. The fourth-order valence-electron chi connectivity index (χ4n) is 4.36. The number of hydrogen-bond acceptors (Lipinski definition) is 6. The number of aliphatic hydroxyl groups is 1. The van der Waals surface area contributed by atoms with Crippen molar-refractivity contribution in [2.75, 3.05) is 6.61 Å². The maximum absolute atomic E-state index is 13.2. The molecule has 3 heterocycles. The van der Waals surface area contributed by atoms with Gasteiger partial charge in [0.15, 0.2) is 0 Å². The first-order valence-corrected chi connectivity index (χ1v) is 10.9. The average Bonchev–Trinajstić information content (AvgIpc) is 3.27.